The van der Waals surface area contributed by atoms with E-state index >= 15 is 0 Å². The number of rotatable bonds is 2. The van der Waals surface area contributed by atoms with Gasteiger partial charge in [-0.05, 0) is 25.1 Å². The molecule has 1 saturated heterocycles. The molecule has 1 aliphatic rings. The number of hydrogen-bond acceptors (Lipinski definition) is 2. The third-order valence-corrected chi connectivity index (χ3v) is 2.70. The van der Waals surface area contributed by atoms with Gasteiger partial charge in [-0.2, -0.15) is 11.8 Å². The van der Waals surface area contributed by atoms with E-state index in [4.69, 9.17) is 5.73 Å². The number of thioether (sulfide) groups is 1. The minimum absolute atomic E-state index is 0.873. The minimum Gasteiger partial charge on any atom is -0.330 e. The first-order valence-electron chi connectivity index (χ1n) is 2.75. The van der Waals surface area contributed by atoms with Gasteiger partial charge in [0.05, 0.1) is 0 Å². The highest BCUT2D eigenvalue weighted by Crippen LogP contribution is 2.29. The van der Waals surface area contributed by atoms with Gasteiger partial charge in [0, 0.05) is 5.25 Å². The fourth-order valence-corrected chi connectivity index (χ4v) is 1.57. The van der Waals surface area contributed by atoms with Crippen LogP contribution in [0.2, 0.25) is 0 Å². The lowest BCUT2D eigenvalue weighted by Crippen LogP contribution is -2.19. The van der Waals surface area contributed by atoms with Crippen LogP contribution in [0.15, 0.2) is 0 Å². The first-order valence-corrected chi connectivity index (χ1v) is 3.80. The van der Waals surface area contributed by atoms with Gasteiger partial charge in [0.2, 0.25) is 0 Å². The molecule has 0 radical (unpaired) electrons. The molecule has 7 heavy (non-hydrogen) atoms. The molecule has 0 aromatic heterocycles. The standard InChI is InChI=1S/C5H11NS/c6-3-1-5-2-4-7-5/h5H,1-4,6H2. The Morgan fingerprint density at radius 2 is 2.43 bits per heavy atom. The average molecular weight is 117 g/mol. The molecule has 0 aromatic carbocycles. The largest absolute Gasteiger partial charge is 0.330 e. The molecule has 2 heteroatoms. The van der Waals surface area contributed by atoms with E-state index in [1.54, 1.807) is 0 Å². The third-order valence-electron chi connectivity index (χ3n) is 1.28. The summed E-state index contributed by atoms with van der Waals surface area (Å²) >= 11 is 2.05. The molecule has 1 heterocycles. The van der Waals surface area contributed by atoms with Crippen LogP contribution in [-0.4, -0.2) is 17.5 Å². The lowest BCUT2D eigenvalue weighted by atomic mass is 10.2. The molecule has 1 unspecified atom stereocenters. The van der Waals surface area contributed by atoms with E-state index in [1.807, 2.05) is 11.8 Å². The van der Waals surface area contributed by atoms with Crippen molar-refractivity contribution in [3.63, 3.8) is 0 Å². The van der Waals surface area contributed by atoms with E-state index in [1.165, 1.54) is 18.6 Å². The summed E-state index contributed by atoms with van der Waals surface area (Å²) in [6.45, 7) is 0.873. The van der Waals surface area contributed by atoms with Gasteiger partial charge in [-0.3, -0.25) is 0 Å². The maximum absolute atomic E-state index is 5.33. The summed E-state index contributed by atoms with van der Waals surface area (Å²) < 4.78 is 0. The highest BCUT2D eigenvalue weighted by Gasteiger charge is 2.15. The zero-order chi connectivity index (χ0) is 5.11. The van der Waals surface area contributed by atoms with Gasteiger partial charge in [0.15, 0.2) is 0 Å². The van der Waals surface area contributed by atoms with Crippen molar-refractivity contribution in [2.45, 2.75) is 18.1 Å². The Morgan fingerprint density at radius 3 is 2.57 bits per heavy atom. The Labute approximate surface area is 48.7 Å². The maximum atomic E-state index is 5.33. The van der Waals surface area contributed by atoms with Crippen molar-refractivity contribution in [2.75, 3.05) is 12.3 Å². The Hall–Kier alpha value is 0.310. The average Bonchev–Trinajstić information content (AvgIpc) is 1.55. The van der Waals surface area contributed by atoms with Crippen LogP contribution in [-0.2, 0) is 0 Å². The van der Waals surface area contributed by atoms with E-state index < -0.39 is 0 Å². The van der Waals surface area contributed by atoms with E-state index in [0.717, 1.165) is 11.8 Å². The lowest BCUT2D eigenvalue weighted by molar-refractivity contribution is 0.717. The predicted octanol–water partition coefficient (Wildman–Crippen LogP) is 0.841. The normalized spacial score (nSPS) is 29.6. The molecule has 0 saturated carbocycles. The van der Waals surface area contributed by atoms with Crippen molar-refractivity contribution in [2.24, 2.45) is 5.73 Å². The molecular formula is C5H11NS. The summed E-state index contributed by atoms with van der Waals surface area (Å²) in [6.07, 6.45) is 2.63. The second kappa shape index (κ2) is 2.58. The highest BCUT2D eigenvalue weighted by atomic mass is 32.2. The van der Waals surface area contributed by atoms with Crippen LogP contribution in [0, 0.1) is 0 Å². The fourth-order valence-electron chi connectivity index (χ4n) is 0.698. The van der Waals surface area contributed by atoms with Gasteiger partial charge >= 0.3 is 0 Å². The number of nitrogens with two attached hydrogens (primary N) is 1. The number of hydrogen-bond donors (Lipinski definition) is 1. The topological polar surface area (TPSA) is 26.0 Å². The molecule has 1 nitrogen and oxygen atoms in total. The molecule has 0 aromatic rings. The molecule has 1 atom stereocenters. The molecule has 0 spiro atoms. The van der Waals surface area contributed by atoms with Gasteiger partial charge in [0.1, 0.15) is 0 Å². The quantitative estimate of drug-likeness (QED) is 0.580. The lowest BCUT2D eigenvalue weighted by Gasteiger charge is -2.23. The molecule has 2 N–H and O–H groups in total. The summed E-state index contributed by atoms with van der Waals surface area (Å²) in [6, 6.07) is 0. The van der Waals surface area contributed by atoms with Gasteiger partial charge in [0.25, 0.3) is 0 Å². The van der Waals surface area contributed by atoms with Crippen molar-refractivity contribution in [1.29, 1.82) is 0 Å². The molecule has 0 amide bonds. The van der Waals surface area contributed by atoms with Crippen molar-refractivity contribution in [3.8, 4) is 0 Å². The van der Waals surface area contributed by atoms with Crippen LogP contribution >= 0.6 is 11.8 Å². The summed E-state index contributed by atoms with van der Waals surface area (Å²) in [7, 11) is 0. The predicted molar refractivity (Wildman–Crippen MR) is 34.5 cm³/mol. The van der Waals surface area contributed by atoms with Crippen molar-refractivity contribution < 1.29 is 0 Å². The minimum atomic E-state index is 0.873. The molecular weight excluding hydrogens is 106 g/mol. The summed E-state index contributed by atoms with van der Waals surface area (Å²) in [5.74, 6) is 1.37. The van der Waals surface area contributed by atoms with Crippen LogP contribution in [0.3, 0.4) is 0 Å². The molecule has 0 aliphatic carbocycles. The van der Waals surface area contributed by atoms with Crippen LogP contribution in [0.5, 0.6) is 0 Å². The Morgan fingerprint density at radius 1 is 1.71 bits per heavy atom. The highest BCUT2D eigenvalue weighted by molar-refractivity contribution is 8.01. The first kappa shape index (κ1) is 5.45. The van der Waals surface area contributed by atoms with E-state index in [9.17, 15) is 0 Å². The smallest absolute Gasteiger partial charge is 0.00668 e. The Kier molecular flexibility index (Phi) is 2.00. The second-order valence-electron chi connectivity index (χ2n) is 1.86. The summed E-state index contributed by atoms with van der Waals surface area (Å²) in [4.78, 5) is 0. The molecule has 0 bridgehead atoms. The van der Waals surface area contributed by atoms with Crippen LogP contribution < -0.4 is 5.73 Å². The summed E-state index contributed by atoms with van der Waals surface area (Å²) in [5.41, 5.74) is 5.33. The van der Waals surface area contributed by atoms with E-state index in [-0.39, 0.29) is 0 Å². The van der Waals surface area contributed by atoms with E-state index in [0.29, 0.717) is 0 Å². The SMILES string of the molecule is NCCC1CCS1. The van der Waals surface area contributed by atoms with Crippen LogP contribution in [0.1, 0.15) is 12.8 Å². The molecule has 42 valence electrons. The van der Waals surface area contributed by atoms with Gasteiger partial charge < -0.3 is 5.73 Å². The zero-order valence-electron chi connectivity index (χ0n) is 4.39. The first-order chi connectivity index (χ1) is 3.43. The van der Waals surface area contributed by atoms with Crippen LogP contribution in [0.25, 0.3) is 0 Å². The van der Waals surface area contributed by atoms with Gasteiger partial charge in [-0.25, -0.2) is 0 Å². The maximum Gasteiger partial charge on any atom is 0.00668 e. The summed E-state index contributed by atoms with van der Waals surface area (Å²) in [5, 5.41) is 0.921. The van der Waals surface area contributed by atoms with Gasteiger partial charge in [-0.15, -0.1) is 0 Å². The Bertz CT molecular complexity index is 52.0. The third kappa shape index (κ3) is 1.35. The molecule has 1 fully saturated rings. The van der Waals surface area contributed by atoms with Crippen molar-refractivity contribution >= 4 is 11.8 Å². The fraction of sp³-hybridized carbons (Fsp3) is 1.00. The van der Waals surface area contributed by atoms with E-state index in [2.05, 4.69) is 0 Å². The Balaban J connectivity index is 1.93. The van der Waals surface area contributed by atoms with Gasteiger partial charge in [-0.1, -0.05) is 0 Å². The van der Waals surface area contributed by atoms with Crippen molar-refractivity contribution in [3.05, 3.63) is 0 Å². The monoisotopic (exact) mass is 117 g/mol. The zero-order valence-corrected chi connectivity index (χ0v) is 5.21. The molecule has 1 aliphatic heterocycles. The van der Waals surface area contributed by atoms with Crippen molar-refractivity contribution in [1.82, 2.24) is 0 Å². The second-order valence-corrected chi connectivity index (χ2v) is 3.27. The van der Waals surface area contributed by atoms with Crippen LogP contribution in [0.4, 0.5) is 0 Å². The molecule has 1 rings (SSSR count).